The van der Waals surface area contributed by atoms with Crippen LogP contribution in [0.4, 0.5) is 5.69 Å². The molecule has 0 unspecified atom stereocenters. The van der Waals surface area contributed by atoms with Crippen molar-refractivity contribution < 1.29 is 14.1 Å². The van der Waals surface area contributed by atoms with Crippen LogP contribution in [0.25, 0.3) is 0 Å². The molecule has 0 spiro atoms. The first kappa shape index (κ1) is 19.9. The number of furan rings is 1. The lowest BCUT2D eigenvalue weighted by molar-refractivity contribution is -0.908. The number of aryl methyl sites for hydroxylation is 2. The zero-order chi connectivity index (χ0) is 19.1. The number of hydrogen-bond acceptors (Lipinski definition) is 3. The topological polar surface area (TPSA) is 42.1 Å². The molecular formula is C21H30N3O2S+. The van der Waals surface area contributed by atoms with Crippen molar-refractivity contribution in [3.8, 4) is 0 Å². The fraction of sp³-hybridized carbons (Fsp3) is 0.476. The lowest BCUT2D eigenvalue weighted by Gasteiger charge is -2.27. The van der Waals surface area contributed by atoms with Crippen LogP contribution in [0.2, 0.25) is 0 Å². The Morgan fingerprint density at radius 3 is 2.70 bits per heavy atom. The number of quaternary nitrogens is 1. The zero-order valence-electron chi connectivity index (χ0n) is 16.3. The van der Waals surface area contributed by atoms with Crippen molar-refractivity contribution in [1.82, 2.24) is 4.90 Å². The van der Waals surface area contributed by atoms with E-state index in [-0.39, 0.29) is 0 Å². The highest BCUT2D eigenvalue weighted by Crippen LogP contribution is 2.16. The van der Waals surface area contributed by atoms with Gasteiger partial charge in [0.15, 0.2) is 5.11 Å². The molecule has 1 fully saturated rings. The van der Waals surface area contributed by atoms with Crippen LogP contribution < -0.4 is 10.2 Å². The van der Waals surface area contributed by atoms with Crippen LogP contribution in [0.3, 0.4) is 0 Å². The van der Waals surface area contributed by atoms with Gasteiger partial charge < -0.3 is 24.3 Å². The quantitative estimate of drug-likeness (QED) is 0.713. The molecule has 5 nitrogen and oxygen atoms in total. The summed E-state index contributed by atoms with van der Waals surface area (Å²) in [5.74, 6) is 0.929. The van der Waals surface area contributed by atoms with Crippen LogP contribution in [0.1, 0.15) is 23.3 Å². The minimum absolute atomic E-state index is 0.683. The molecule has 1 aromatic heterocycles. The van der Waals surface area contributed by atoms with Gasteiger partial charge in [-0.2, -0.15) is 0 Å². The maximum atomic E-state index is 5.72. The Morgan fingerprint density at radius 1 is 1.19 bits per heavy atom. The van der Waals surface area contributed by atoms with E-state index in [0.29, 0.717) is 6.54 Å². The number of anilines is 1. The predicted molar refractivity (Wildman–Crippen MR) is 112 cm³/mol. The molecule has 146 valence electrons. The third-order valence-electron chi connectivity index (χ3n) is 5.13. The first-order chi connectivity index (χ1) is 13.1. The molecule has 0 amide bonds. The van der Waals surface area contributed by atoms with Crippen molar-refractivity contribution in [2.75, 3.05) is 44.7 Å². The highest BCUT2D eigenvalue weighted by atomic mass is 32.1. The van der Waals surface area contributed by atoms with Crippen molar-refractivity contribution in [3.05, 3.63) is 53.5 Å². The summed E-state index contributed by atoms with van der Waals surface area (Å²) in [5, 5.41) is 4.14. The van der Waals surface area contributed by atoms with Gasteiger partial charge in [-0.05, 0) is 61.5 Å². The van der Waals surface area contributed by atoms with Gasteiger partial charge in [0.25, 0.3) is 0 Å². The Kier molecular flexibility index (Phi) is 7.26. The van der Waals surface area contributed by atoms with Crippen molar-refractivity contribution >= 4 is 23.0 Å². The van der Waals surface area contributed by atoms with Gasteiger partial charge in [-0.15, -0.1) is 0 Å². The van der Waals surface area contributed by atoms with Gasteiger partial charge in [-0.25, -0.2) is 0 Å². The van der Waals surface area contributed by atoms with E-state index < -0.39 is 0 Å². The molecule has 1 aromatic carbocycles. The molecule has 0 saturated carbocycles. The molecule has 6 heteroatoms. The first-order valence-electron chi connectivity index (χ1n) is 9.68. The average molecular weight is 389 g/mol. The average Bonchev–Trinajstić information content (AvgIpc) is 3.18. The second kappa shape index (κ2) is 9.88. The van der Waals surface area contributed by atoms with Crippen LogP contribution in [0, 0.1) is 13.8 Å². The third kappa shape index (κ3) is 6.06. The van der Waals surface area contributed by atoms with E-state index in [9.17, 15) is 0 Å². The molecule has 0 atom stereocenters. The van der Waals surface area contributed by atoms with Gasteiger partial charge in [-0.1, -0.05) is 6.07 Å². The fourth-order valence-electron chi connectivity index (χ4n) is 3.29. The van der Waals surface area contributed by atoms with E-state index in [2.05, 4.69) is 42.3 Å². The smallest absolute Gasteiger partial charge is 0.173 e. The molecule has 1 aliphatic heterocycles. The Labute approximate surface area is 167 Å². The summed E-state index contributed by atoms with van der Waals surface area (Å²) in [6.07, 6.45) is 2.80. The van der Waals surface area contributed by atoms with E-state index >= 15 is 0 Å². The number of nitrogens with zero attached hydrogens (tertiary/aromatic N) is 1. The lowest BCUT2D eigenvalue weighted by atomic mass is 10.1. The second-order valence-corrected chi connectivity index (χ2v) is 7.58. The summed E-state index contributed by atoms with van der Waals surface area (Å²) < 4.78 is 11.0. The highest BCUT2D eigenvalue weighted by Gasteiger charge is 2.16. The van der Waals surface area contributed by atoms with Crippen molar-refractivity contribution in [2.45, 2.75) is 26.8 Å². The van der Waals surface area contributed by atoms with Crippen LogP contribution in [0.5, 0.6) is 0 Å². The second-order valence-electron chi connectivity index (χ2n) is 7.20. The monoisotopic (exact) mass is 388 g/mol. The summed E-state index contributed by atoms with van der Waals surface area (Å²) >= 11 is 5.72. The molecule has 2 aromatic rings. The number of hydrogen-bond donors (Lipinski definition) is 2. The summed E-state index contributed by atoms with van der Waals surface area (Å²) in [4.78, 5) is 3.82. The van der Waals surface area contributed by atoms with E-state index in [1.165, 1.54) is 11.1 Å². The molecule has 1 saturated heterocycles. The normalized spacial score (nSPS) is 14.9. The molecule has 2 N–H and O–H groups in total. The van der Waals surface area contributed by atoms with E-state index in [0.717, 1.165) is 62.4 Å². The van der Waals surface area contributed by atoms with Gasteiger partial charge in [0, 0.05) is 18.7 Å². The Morgan fingerprint density at radius 2 is 2.00 bits per heavy atom. The predicted octanol–water partition coefficient (Wildman–Crippen LogP) is 2.40. The number of thiocarbonyl (C=S) groups is 1. The first-order valence-corrected chi connectivity index (χ1v) is 10.1. The fourth-order valence-corrected chi connectivity index (χ4v) is 3.57. The van der Waals surface area contributed by atoms with Gasteiger partial charge >= 0.3 is 0 Å². The maximum Gasteiger partial charge on any atom is 0.173 e. The Balaban J connectivity index is 1.59. The molecule has 2 heterocycles. The van der Waals surface area contributed by atoms with Gasteiger partial charge in [0.05, 0.1) is 32.6 Å². The molecule has 3 rings (SSSR count). The van der Waals surface area contributed by atoms with E-state index in [1.54, 1.807) is 11.2 Å². The number of ether oxygens (including phenoxy) is 1. The molecule has 0 aliphatic carbocycles. The summed E-state index contributed by atoms with van der Waals surface area (Å²) in [6.45, 7) is 10.9. The lowest BCUT2D eigenvalue weighted by Crippen LogP contribution is -3.14. The Bertz CT molecular complexity index is 727. The minimum atomic E-state index is 0.683. The number of morpholine rings is 1. The standard InChI is InChI=1S/C21H29N3O2S/c1-17-6-7-19(15-18(17)2)22-21(27)24(16-20-5-3-12-26-20)9-4-8-23-10-13-25-14-11-23/h3,5-7,12,15H,4,8-11,13-14,16H2,1-2H3,(H,22,27)/p+1. The van der Waals surface area contributed by atoms with Crippen molar-refractivity contribution in [2.24, 2.45) is 0 Å². The summed E-state index contributed by atoms with van der Waals surface area (Å²) in [5.41, 5.74) is 3.58. The summed E-state index contributed by atoms with van der Waals surface area (Å²) in [6, 6.07) is 10.3. The van der Waals surface area contributed by atoms with Crippen LogP contribution >= 0.6 is 12.2 Å². The van der Waals surface area contributed by atoms with Gasteiger partial charge in [-0.3, -0.25) is 0 Å². The summed E-state index contributed by atoms with van der Waals surface area (Å²) in [7, 11) is 0. The number of rotatable bonds is 7. The number of nitrogens with one attached hydrogen (secondary N) is 2. The third-order valence-corrected chi connectivity index (χ3v) is 5.49. The molecule has 1 aliphatic rings. The number of benzene rings is 1. The highest BCUT2D eigenvalue weighted by molar-refractivity contribution is 7.80. The van der Waals surface area contributed by atoms with Crippen molar-refractivity contribution in [3.63, 3.8) is 0 Å². The maximum absolute atomic E-state index is 5.72. The minimum Gasteiger partial charge on any atom is -0.467 e. The van der Waals surface area contributed by atoms with Crippen molar-refractivity contribution in [1.29, 1.82) is 0 Å². The zero-order valence-corrected chi connectivity index (χ0v) is 17.1. The van der Waals surface area contributed by atoms with Crippen LogP contribution in [0.15, 0.2) is 41.0 Å². The largest absolute Gasteiger partial charge is 0.467 e. The van der Waals surface area contributed by atoms with Gasteiger partial charge in [0.2, 0.25) is 0 Å². The van der Waals surface area contributed by atoms with Gasteiger partial charge in [0.1, 0.15) is 18.8 Å². The van der Waals surface area contributed by atoms with E-state index in [1.807, 2.05) is 12.1 Å². The van der Waals surface area contributed by atoms with E-state index in [4.69, 9.17) is 21.4 Å². The van der Waals surface area contributed by atoms with Crippen LogP contribution in [-0.4, -0.2) is 49.4 Å². The van der Waals surface area contributed by atoms with Crippen LogP contribution in [-0.2, 0) is 11.3 Å². The molecular weight excluding hydrogens is 358 g/mol. The molecule has 27 heavy (non-hydrogen) atoms. The molecule has 0 radical (unpaired) electrons. The SMILES string of the molecule is Cc1ccc(NC(=S)N(CCC[NH+]2CCOCC2)Cc2ccco2)cc1C. The molecule has 0 bridgehead atoms. The Hall–Kier alpha value is -1.89.